The fraction of sp³-hybridized carbons (Fsp3) is 0.229. The molecule has 244 valence electrons. The SMILES string of the molecule is CCOC(=O)c1nnn(Cc2ccc(OC)cc2)c1OC(Cc1ccc(Cl)cc1)Cc1ccc(-c2ccc(OC(F)(F)F)cc2)cc1. The van der Waals surface area contributed by atoms with Crippen molar-refractivity contribution in [3.63, 3.8) is 0 Å². The van der Waals surface area contributed by atoms with Gasteiger partial charge in [-0.25, -0.2) is 9.48 Å². The van der Waals surface area contributed by atoms with Gasteiger partial charge in [-0.05, 0) is 71.1 Å². The zero-order chi connectivity index (χ0) is 33.4. The highest BCUT2D eigenvalue weighted by molar-refractivity contribution is 6.30. The number of esters is 1. The largest absolute Gasteiger partial charge is 0.573 e. The quantitative estimate of drug-likeness (QED) is 0.118. The third-order valence-electron chi connectivity index (χ3n) is 7.14. The summed E-state index contributed by atoms with van der Waals surface area (Å²) in [5.74, 6) is -0.0544. The van der Waals surface area contributed by atoms with Crippen LogP contribution in [0.3, 0.4) is 0 Å². The van der Waals surface area contributed by atoms with Crippen molar-refractivity contribution in [2.24, 2.45) is 0 Å². The van der Waals surface area contributed by atoms with E-state index in [1.165, 1.54) is 16.8 Å². The standard InChI is InChI=1S/C35H31ClF3N3O5/c1-3-45-34(43)32-33(42(41-40-32)22-25-8-16-29(44-2)17-9-25)46-31(21-24-6-14-28(36)15-7-24)20-23-4-10-26(11-5-23)27-12-18-30(19-13-27)47-35(37,38)39/h4-19,31H,3,20-22H2,1-2H3. The summed E-state index contributed by atoms with van der Waals surface area (Å²) in [6.45, 7) is 2.14. The minimum Gasteiger partial charge on any atom is -0.497 e. The number of alkyl halides is 3. The molecule has 1 unspecified atom stereocenters. The van der Waals surface area contributed by atoms with E-state index in [0.29, 0.717) is 23.6 Å². The van der Waals surface area contributed by atoms with Crippen LogP contribution in [0.1, 0.15) is 34.1 Å². The minimum absolute atomic E-state index is 0.0326. The Morgan fingerprint density at radius 3 is 1.89 bits per heavy atom. The Kier molecular flexibility index (Phi) is 10.7. The average molecular weight is 666 g/mol. The Labute approximate surface area is 274 Å². The van der Waals surface area contributed by atoms with Crippen LogP contribution in [0.4, 0.5) is 13.2 Å². The molecule has 0 aliphatic rings. The summed E-state index contributed by atoms with van der Waals surface area (Å²) in [5, 5.41) is 8.94. The molecule has 12 heteroatoms. The number of aromatic nitrogens is 3. The number of ether oxygens (including phenoxy) is 4. The highest BCUT2D eigenvalue weighted by Crippen LogP contribution is 2.28. The van der Waals surface area contributed by atoms with Crippen LogP contribution < -0.4 is 14.2 Å². The lowest BCUT2D eigenvalue weighted by molar-refractivity contribution is -0.274. The molecule has 0 spiro atoms. The number of benzene rings is 4. The zero-order valence-corrected chi connectivity index (χ0v) is 26.3. The van der Waals surface area contributed by atoms with Crippen LogP contribution in [0, 0.1) is 0 Å². The first-order valence-corrected chi connectivity index (χ1v) is 15.1. The average Bonchev–Trinajstić information content (AvgIpc) is 3.44. The van der Waals surface area contributed by atoms with Gasteiger partial charge < -0.3 is 18.9 Å². The highest BCUT2D eigenvalue weighted by Gasteiger charge is 2.31. The van der Waals surface area contributed by atoms with Gasteiger partial charge in [0.25, 0.3) is 0 Å². The van der Waals surface area contributed by atoms with Crippen molar-refractivity contribution in [1.82, 2.24) is 15.0 Å². The molecule has 0 N–H and O–H groups in total. The number of carbonyl (C=O) groups excluding carboxylic acids is 1. The third kappa shape index (κ3) is 9.26. The summed E-state index contributed by atoms with van der Waals surface area (Å²) in [7, 11) is 1.59. The number of methoxy groups -OCH3 is 1. The number of hydrogen-bond acceptors (Lipinski definition) is 7. The van der Waals surface area contributed by atoms with E-state index < -0.39 is 18.4 Å². The van der Waals surface area contributed by atoms with Crippen LogP contribution in [0.25, 0.3) is 11.1 Å². The predicted octanol–water partition coefficient (Wildman–Crippen LogP) is 7.96. The fourth-order valence-electron chi connectivity index (χ4n) is 4.90. The molecular formula is C35H31ClF3N3O5. The van der Waals surface area contributed by atoms with E-state index >= 15 is 0 Å². The number of carbonyl (C=O) groups is 1. The molecule has 8 nitrogen and oxygen atoms in total. The summed E-state index contributed by atoms with van der Waals surface area (Å²) >= 11 is 6.13. The Morgan fingerprint density at radius 2 is 1.34 bits per heavy atom. The molecular weight excluding hydrogens is 635 g/mol. The highest BCUT2D eigenvalue weighted by atomic mass is 35.5. The summed E-state index contributed by atoms with van der Waals surface area (Å²) in [5.41, 5.74) is 4.29. The number of rotatable bonds is 13. The van der Waals surface area contributed by atoms with Crippen molar-refractivity contribution in [3.8, 4) is 28.5 Å². The normalized spacial score (nSPS) is 12.0. The zero-order valence-electron chi connectivity index (χ0n) is 25.5. The van der Waals surface area contributed by atoms with Crippen molar-refractivity contribution in [3.05, 3.63) is 124 Å². The summed E-state index contributed by atoms with van der Waals surface area (Å²) in [6, 6.07) is 28.1. The van der Waals surface area contributed by atoms with E-state index in [1.807, 2.05) is 60.7 Å². The molecule has 0 saturated carbocycles. The molecule has 4 aromatic carbocycles. The Hall–Kier alpha value is -5.03. The van der Waals surface area contributed by atoms with Gasteiger partial charge in [-0.15, -0.1) is 18.3 Å². The second kappa shape index (κ2) is 15.0. The molecule has 0 radical (unpaired) electrons. The molecule has 0 amide bonds. The molecule has 0 aliphatic heterocycles. The predicted molar refractivity (Wildman–Crippen MR) is 170 cm³/mol. The lowest BCUT2D eigenvalue weighted by Crippen LogP contribution is -2.25. The van der Waals surface area contributed by atoms with Crippen LogP contribution in [0.15, 0.2) is 97.1 Å². The van der Waals surface area contributed by atoms with Gasteiger partial charge in [0.05, 0.1) is 20.3 Å². The first-order chi connectivity index (χ1) is 22.6. The summed E-state index contributed by atoms with van der Waals surface area (Å²) < 4.78 is 60.3. The van der Waals surface area contributed by atoms with E-state index in [-0.39, 0.29) is 30.5 Å². The summed E-state index contributed by atoms with van der Waals surface area (Å²) in [4.78, 5) is 12.9. The van der Waals surface area contributed by atoms with Crippen molar-refractivity contribution in [2.75, 3.05) is 13.7 Å². The molecule has 0 bridgehead atoms. The second-order valence-electron chi connectivity index (χ2n) is 10.5. The Bertz CT molecular complexity index is 1760. The van der Waals surface area contributed by atoms with Gasteiger partial charge >= 0.3 is 12.3 Å². The lowest BCUT2D eigenvalue weighted by Gasteiger charge is -2.21. The van der Waals surface area contributed by atoms with E-state index in [0.717, 1.165) is 27.8 Å². The second-order valence-corrected chi connectivity index (χ2v) is 10.9. The minimum atomic E-state index is -4.76. The van der Waals surface area contributed by atoms with E-state index in [2.05, 4.69) is 15.0 Å². The smallest absolute Gasteiger partial charge is 0.497 e. The monoisotopic (exact) mass is 665 g/mol. The molecule has 0 saturated heterocycles. The van der Waals surface area contributed by atoms with Crippen LogP contribution in [-0.2, 0) is 24.1 Å². The van der Waals surface area contributed by atoms with Gasteiger partial charge in [-0.3, -0.25) is 0 Å². The van der Waals surface area contributed by atoms with Gasteiger partial charge in [-0.2, -0.15) is 0 Å². The maximum absolute atomic E-state index is 12.9. The molecule has 0 fully saturated rings. The Balaban J connectivity index is 1.41. The van der Waals surface area contributed by atoms with Crippen molar-refractivity contribution >= 4 is 17.6 Å². The lowest BCUT2D eigenvalue weighted by atomic mass is 9.98. The van der Waals surface area contributed by atoms with Gasteiger partial charge in [0, 0.05) is 17.9 Å². The third-order valence-corrected chi connectivity index (χ3v) is 7.40. The van der Waals surface area contributed by atoms with Crippen LogP contribution in [0.2, 0.25) is 5.02 Å². The van der Waals surface area contributed by atoms with Gasteiger partial charge in [-0.1, -0.05) is 77.5 Å². The number of nitrogens with zero attached hydrogens (tertiary/aromatic N) is 3. The first-order valence-electron chi connectivity index (χ1n) is 14.7. The van der Waals surface area contributed by atoms with Gasteiger partial charge in [0.1, 0.15) is 17.6 Å². The molecule has 0 aliphatic carbocycles. The number of halogens is 4. The van der Waals surface area contributed by atoms with Gasteiger partial charge in [0.15, 0.2) is 0 Å². The van der Waals surface area contributed by atoms with Crippen LogP contribution in [0.5, 0.6) is 17.4 Å². The van der Waals surface area contributed by atoms with Crippen molar-refractivity contribution in [2.45, 2.75) is 38.8 Å². The van der Waals surface area contributed by atoms with Crippen molar-refractivity contribution in [1.29, 1.82) is 0 Å². The Morgan fingerprint density at radius 1 is 0.809 bits per heavy atom. The molecule has 1 heterocycles. The van der Waals surface area contributed by atoms with E-state index in [1.54, 1.807) is 38.3 Å². The summed E-state index contributed by atoms with van der Waals surface area (Å²) in [6.07, 6.45) is -4.32. The molecule has 47 heavy (non-hydrogen) atoms. The van der Waals surface area contributed by atoms with Crippen LogP contribution >= 0.6 is 11.6 Å². The maximum atomic E-state index is 12.9. The number of hydrogen-bond donors (Lipinski definition) is 0. The van der Waals surface area contributed by atoms with Crippen molar-refractivity contribution < 1.29 is 36.9 Å². The fourth-order valence-corrected chi connectivity index (χ4v) is 5.02. The molecule has 1 aromatic heterocycles. The van der Waals surface area contributed by atoms with Crippen LogP contribution in [-0.4, -0.2) is 47.1 Å². The molecule has 5 aromatic rings. The maximum Gasteiger partial charge on any atom is 0.573 e. The van der Waals surface area contributed by atoms with Gasteiger partial charge in [0.2, 0.25) is 11.6 Å². The van der Waals surface area contributed by atoms with E-state index in [9.17, 15) is 18.0 Å². The molecule has 5 rings (SSSR count). The topological polar surface area (TPSA) is 84.7 Å². The van der Waals surface area contributed by atoms with E-state index in [4.69, 9.17) is 25.8 Å². The molecule has 1 atom stereocenters. The first kappa shape index (κ1) is 33.3.